The fourth-order valence-corrected chi connectivity index (χ4v) is 3.10. The maximum Gasteiger partial charge on any atom is 0.236 e. The molecular formula is C12H18N2O2S. The van der Waals surface area contributed by atoms with Crippen LogP contribution in [0.5, 0.6) is 0 Å². The van der Waals surface area contributed by atoms with Gasteiger partial charge in [0.1, 0.15) is 0 Å². The zero-order valence-corrected chi connectivity index (χ0v) is 10.7. The van der Waals surface area contributed by atoms with Crippen molar-refractivity contribution in [3.8, 4) is 0 Å². The van der Waals surface area contributed by atoms with Gasteiger partial charge in [-0.15, -0.1) is 0 Å². The predicted molar refractivity (Wildman–Crippen MR) is 68.3 cm³/mol. The van der Waals surface area contributed by atoms with Crippen LogP contribution in [0.1, 0.15) is 44.9 Å². The monoisotopic (exact) mass is 254 g/mol. The molecule has 0 atom stereocenters. The Morgan fingerprint density at radius 2 is 1.82 bits per heavy atom. The van der Waals surface area contributed by atoms with Crippen LogP contribution in [0, 0.1) is 5.41 Å². The molecule has 0 aromatic carbocycles. The number of hydrogen-bond acceptors (Lipinski definition) is 3. The highest BCUT2D eigenvalue weighted by Crippen LogP contribution is 2.44. The van der Waals surface area contributed by atoms with Crippen LogP contribution >= 0.6 is 12.2 Å². The van der Waals surface area contributed by atoms with E-state index in [9.17, 15) is 9.59 Å². The largest absolute Gasteiger partial charge is 0.392 e. The van der Waals surface area contributed by atoms with E-state index in [0.29, 0.717) is 6.42 Å². The lowest BCUT2D eigenvalue weighted by molar-refractivity contribution is -0.140. The van der Waals surface area contributed by atoms with E-state index in [1.807, 2.05) is 0 Å². The average molecular weight is 254 g/mol. The molecule has 94 valence electrons. The number of carbonyl (C=O) groups excluding carboxylic acids is 2. The summed E-state index contributed by atoms with van der Waals surface area (Å²) in [5.41, 5.74) is 5.00. The van der Waals surface area contributed by atoms with Crippen molar-refractivity contribution in [3.05, 3.63) is 0 Å². The molecule has 2 amide bonds. The SMILES string of the molecule is NC(=S)CN1C(=O)CC2(CCCCCC2)C1=O. The molecule has 1 aliphatic heterocycles. The van der Waals surface area contributed by atoms with Gasteiger partial charge in [0.2, 0.25) is 11.8 Å². The average Bonchev–Trinajstić information content (AvgIpc) is 2.48. The highest BCUT2D eigenvalue weighted by Gasteiger charge is 2.50. The smallest absolute Gasteiger partial charge is 0.236 e. The van der Waals surface area contributed by atoms with Crippen LogP contribution < -0.4 is 5.73 Å². The normalized spacial score (nSPS) is 24.1. The summed E-state index contributed by atoms with van der Waals surface area (Å²) in [5, 5.41) is 0. The molecule has 2 aliphatic rings. The predicted octanol–water partition coefficient (Wildman–Crippen LogP) is 1.37. The number of likely N-dealkylation sites (tertiary alicyclic amines) is 1. The van der Waals surface area contributed by atoms with Crippen molar-refractivity contribution in [2.24, 2.45) is 11.1 Å². The van der Waals surface area contributed by atoms with Gasteiger partial charge in [-0.1, -0.05) is 37.9 Å². The number of carbonyl (C=O) groups is 2. The fourth-order valence-electron chi connectivity index (χ4n) is 2.97. The van der Waals surface area contributed by atoms with Gasteiger partial charge in [0.25, 0.3) is 0 Å². The summed E-state index contributed by atoms with van der Waals surface area (Å²) in [6.45, 7) is 0.106. The molecule has 2 rings (SSSR count). The summed E-state index contributed by atoms with van der Waals surface area (Å²) in [4.78, 5) is 25.7. The van der Waals surface area contributed by atoms with Crippen molar-refractivity contribution in [1.82, 2.24) is 4.90 Å². The molecule has 1 saturated heterocycles. The van der Waals surface area contributed by atoms with Gasteiger partial charge in [-0.2, -0.15) is 0 Å². The number of nitrogens with two attached hydrogens (primary N) is 1. The molecule has 1 saturated carbocycles. The Morgan fingerprint density at radius 1 is 1.24 bits per heavy atom. The van der Waals surface area contributed by atoms with Crippen molar-refractivity contribution < 1.29 is 9.59 Å². The third kappa shape index (κ3) is 2.34. The van der Waals surface area contributed by atoms with Crippen molar-refractivity contribution in [2.45, 2.75) is 44.9 Å². The third-order valence-corrected chi connectivity index (χ3v) is 3.99. The van der Waals surface area contributed by atoms with Crippen LogP contribution in [0.2, 0.25) is 0 Å². The Hall–Kier alpha value is -0.970. The molecule has 0 radical (unpaired) electrons. The first kappa shape index (κ1) is 12.5. The lowest BCUT2D eigenvalue weighted by Crippen LogP contribution is -2.40. The molecule has 5 heteroatoms. The second-order valence-electron chi connectivity index (χ2n) is 5.12. The summed E-state index contributed by atoms with van der Waals surface area (Å²) in [6, 6.07) is 0. The van der Waals surface area contributed by atoms with E-state index >= 15 is 0 Å². The lowest BCUT2D eigenvalue weighted by atomic mass is 9.79. The first-order valence-electron chi connectivity index (χ1n) is 6.18. The van der Waals surface area contributed by atoms with Crippen LogP contribution in [-0.4, -0.2) is 28.2 Å². The molecule has 17 heavy (non-hydrogen) atoms. The van der Waals surface area contributed by atoms with E-state index < -0.39 is 5.41 Å². The Labute approximate surface area is 107 Å². The van der Waals surface area contributed by atoms with Crippen molar-refractivity contribution in [1.29, 1.82) is 0 Å². The minimum Gasteiger partial charge on any atom is -0.392 e. The maximum atomic E-state index is 12.4. The highest BCUT2D eigenvalue weighted by atomic mass is 32.1. The van der Waals surface area contributed by atoms with Gasteiger partial charge in [0.15, 0.2) is 0 Å². The van der Waals surface area contributed by atoms with Crippen molar-refractivity contribution in [2.75, 3.05) is 6.54 Å². The van der Waals surface area contributed by atoms with Gasteiger partial charge >= 0.3 is 0 Å². The molecule has 0 bridgehead atoms. The molecule has 2 N–H and O–H groups in total. The molecule has 1 aliphatic carbocycles. The maximum absolute atomic E-state index is 12.4. The summed E-state index contributed by atoms with van der Waals surface area (Å²) in [7, 11) is 0. The molecule has 1 spiro atoms. The molecule has 1 heterocycles. The quantitative estimate of drug-likeness (QED) is 0.597. The minimum atomic E-state index is -0.432. The molecule has 4 nitrogen and oxygen atoms in total. The molecule has 0 aromatic rings. The van der Waals surface area contributed by atoms with Gasteiger partial charge in [-0.3, -0.25) is 14.5 Å². The number of imide groups is 1. The summed E-state index contributed by atoms with van der Waals surface area (Å²) in [5.74, 6) is -0.151. The standard InChI is InChI=1S/C12H18N2O2S/c13-9(17)8-14-10(15)7-12(11(14)16)5-3-1-2-4-6-12/h1-8H2,(H2,13,17). The number of thiocarbonyl (C=S) groups is 1. The Morgan fingerprint density at radius 3 is 2.35 bits per heavy atom. The van der Waals surface area contributed by atoms with Crippen LogP contribution in [0.25, 0.3) is 0 Å². The molecule has 0 unspecified atom stereocenters. The Kier molecular flexibility index (Phi) is 3.47. The summed E-state index contributed by atoms with van der Waals surface area (Å²) in [6.07, 6.45) is 6.45. The Bertz CT molecular complexity index is 360. The highest BCUT2D eigenvalue weighted by molar-refractivity contribution is 7.80. The number of hydrogen-bond donors (Lipinski definition) is 1. The van der Waals surface area contributed by atoms with Crippen LogP contribution in [0.15, 0.2) is 0 Å². The van der Waals surface area contributed by atoms with E-state index in [4.69, 9.17) is 18.0 Å². The Balaban J connectivity index is 2.18. The van der Waals surface area contributed by atoms with E-state index in [1.54, 1.807) is 0 Å². The third-order valence-electron chi connectivity index (χ3n) is 3.86. The zero-order chi connectivity index (χ0) is 12.5. The second-order valence-corrected chi connectivity index (χ2v) is 5.65. The molecular weight excluding hydrogens is 236 g/mol. The van der Waals surface area contributed by atoms with Crippen LogP contribution in [0.4, 0.5) is 0 Å². The van der Waals surface area contributed by atoms with Gasteiger partial charge < -0.3 is 5.73 Å². The van der Waals surface area contributed by atoms with E-state index in [1.165, 1.54) is 17.7 Å². The second kappa shape index (κ2) is 4.72. The van der Waals surface area contributed by atoms with Crippen molar-refractivity contribution >= 4 is 29.0 Å². The summed E-state index contributed by atoms with van der Waals surface area (Å²) >= 11 is 4.79. The van der Waals surface area contributed by atoms with Gasteiger partial charge in [-0.05, 0) is 12.8 Å². The topological polar surface area (TPSA) is 63.4 Å². The lowest BCUT2D eigenvalue weighted by Gasteiger charge is -2.24. The molecule has 2 fully saturated rings. The van der Waals surface area contributed by atoms with Crippen LogP contribution in [-0.2, 0) is 9.59 Å². The number of rotatable bonds is 2. The minimum absolute atomic E-state index is 0.0443. The molecule has 0 aromatic heterocycles. The van der Waals surface area contributed by atoms with Crippen LogP contribution in [0.3, 0.4) is 0 Å². The van der Waals surface area contributed by atoms with E-state index in [2.05, 4.69) is 0 Å². The first-order valence-corrected chi connectivity index (χ1v) is 6.59. The zero-order valence-electron chi connectivity index (χ0n) is 9.91. The summed E-state index contributed by atoms with van der Waals surface area (Å²) < 4.78 is 0. The van der Waals surface area contributed by atoms with Gasteiger partial charge in [0, 0.05) is 6.42 Å². The first-order chi connectivity index (χ1) is 8.05. The van der Waals surface area contributed by atoms with Gasteiger partial charge in [-0.25, -0.2) is 0 Å². The van der Waals surface area contributed by atoms with Gasteiger partial charge in [0.05, 0.1) is 16.9 Å². The fraction of sp³-hybridized carbons (Fsp3) is 0.750. The van der Waals surface area contributed by atoms with E-state index in [-0.39, 0.29) is 23.3 Å². The number of nitrogens with zero attached hydrogens (tertiary/aromatic N) is 1. The number of amides is 2. The van der Waals surface area contributed by atoms with E-state index in [0.717, 1.165) is 25.7 Å². The van der Waals surface area contributed by atoms with Crippen molar-refractivity contribution in [3.63, 3.8) is 0 Å².